The molecule has 0 atom stereocenters. The van der Waals surface area contributed by atoms with E-state index in [4.69, 9.17) is 11.2 Å². The molecule has 0 fully saturated rings. The SMILES string of the molecule is C#CCCOc1ccc2ccccc2c1CNC(C)(C)C. The van der Waals surface area contributed by atoms with E-state index in [2.05, 4.69) is 62.3 Å². The predicted octanol–water partition coefficient (Wildman–Crippen LogP) is 4.13. The summed E-state index contributed by atoms with van der Waals surface area (Å²) in [6.45, 7) is 7.82. The third-order valence-corrected chi connectivity index (χ3v) is 3.30. The monoisotopic (exact) mass is 281 g/mol. The second kappa shape index (κ2) is 6.65. The summed E-state index contributed by atoms with van der Waals surface area (Å²) in [4.78, 5) is 0. The molecule has 110 valence electrons. The highest BCUT2D eigenvalue weighted by molar-refractivity contribution is 5.87. The highest BCUT2D eigenvalue weighted by Crippen LogP contribution is 2.28. The predicted molar refractivity (Wildman–Crippen MR) is 89.5 cm³/mol. The Labute approximate surface area is 127 Å². The van der Waals surface area contributed by atoms with Gasteiger partial charge in [0.1, 0.15) is 5.75 Å². The van der Waals surface area contributed by atoms with E-state index >= 15 is 0 Å². The van der Waals surface area contributed by atoms with Crippen LogP contribution in [0.2, 0.25) is 0 Å². The van der Waals surface area contributed by atoms with E-state index in [0.29, 0.717) is 13.0 Å². The van der Waals surface area contributed by atoms with Crippen LogP contribution >= 0.6 is 0 Å². The van der Waals surface area contributed by atoms with Crippen molar-refractivity contribution in [3.8, 4) is 18.1 Å². The largest absolute Gasteiger partial charge is 0.492 e. The van der Waals surface area contributed by atoms with Crippen LogP contribution < -0.4 is 10.1 Å². The fraction of sp³-hybridized carbons (Fsp3) is 0.368. The molecule has 2 aromatic carbocycles. The number of ether oxygens (including phenoxy) is 1. The Hall–Kier alpha value is -1.98. The molecule has 2 rings (SSSR count). The lowest BCUT2D eigenvalue weighted by atomic mass is 10.0. The summed E-state index contributed by atoms with van der Waals surface area (Å²) in [5.41, 5.74) is 1.26. The maximum Gasteiger partial charge on any atom is 0.124 e. The minimum absolute atomic E-state index is 0.0625. The molecular formula is C19H23NO. The Kier molecular flexibility index (Phi) is 4.88. The van der Waals surface area contributed by atoms with Crippen LogP contribution in [0.3, 0.4) is 0 Å². The van der Waals surface area contributed by atoms with Crippen molar-refractivity contribution >= 4 is 10.8 Å². The third kappa shape index (κ3) is 4.24. The molecule has 0 aromatic heterocycles. The fourth-order valence-corrected chi connectivity index (χ4v) is 2.21. The molecule has 0 saturated carbocycles. The average molecular weight is 281 g/mol. The number of fused-ring (bicyclic) bond motifs is 1. The number of rotatable bonds is 5. The second-order valence-electron chi connectivity index (χ2n) is 6.17. The van der Waals surface area contributed by atoms with Crippen molar-refractivity contribution in [2.24, 2.45) is 0 Å². The molecule has 0 amide bonds. The molecule has 21 heavy (non-hydrogen) atoms. The summed E-state index contributed by atoms with van der Waals surface area (Å²) >= 11 is 0. The van der Waals surface area contributed by atoms with Gasteiger partial charge in [-0.25, -0.2) is 0 Å². The standard InChI is InChI=1S/C19H23NO/c1-5-6-13-21-18-12-11-15-9-7-8-10-16(15)17(18)14-20-19(2,3)4/h1,7-12,20H,6,13-14H2,2-4H3. The first-order chi connectivity index (χ1) is 10.0. The number of nitrogens with one attached hydrogen (secondary N) is 1. The molecule has 1 N–H and O–H groups in total. The van der Waals surface area contributed by atoms with Crippen LogP contribution in [0.5, 0.6) is 5.75 Å². The van der Waals surface area contributed by atoms with Crippen LogP contribution in [0.1, 0.15) is 32.8 Å². The molecule has 2 nitrogen and oxygen atoms in total. The van der Waals surface area contributed by atoms with Crippen molar-refractivity contribution in [1.29, 1.82) is 0 Å². The van der Waals surface area contributed by atoms with Crippen molar-refractivity contribution in [3.05, 3.63) is 42.0 Å². The molecule has 0 bridgehead atoms. The Balaban J connectivity index is 2.35. The highest BCUT2D eigenvalue weighted by atomic mass is 16.5. The maximum atomic E-state index is 5.87. The molecule has 0 spiro atoms. The number of benzene rings is 2. The van der Waals surface area contributed by atoms with Gasteiger partial charge in [-0.05, 0) is 37.6 Å². The molecule has 0 radical (unpaired) electrons. The Morgan fingerprint density at radius 1 is 1.14 bits per heavy atom. The number of terminal acetylenes is 1. The van der Waals surface area contributed by atoms with Crippen LogP contribution in [0.25, 0.3) is 10.8 Å². The van der Waals surface area contributed by atoms with Gasteiger partial charge in [0.15, 0.2) is 0 Å². The number of hydrogen-bond donors (Lipinski definition) is 1. The topological polar surface area (TPSA) is 21.3 Å². The van der Waals surface area contributed by atoms with Crippen LogP contribution in [-0.4, -0.2) is 12.1 Å². The number of hydrogen-bond acceptors (Lipinski definition) is 2. The average Bonchev–Trinajstić information content (AvgIpc) is 2.45. The first-order valence-electron chi connectivity index (χ1n) is 7.33. The Morgan fingerprint density at radius 2 is 1.90 bits per heavy atom. The van der Waals surface area contributed by atoms with Gasteiger partial charge in [0.25, 0.3) is 0 Å². The normalized spacial score (nSPS) is 11.3. The smallest absolute Gasteiger partial charge is 0.124 e. The fourth-order valence-electron chi connectivity index (χ4n) is 2.21. The maximum absolute atomic E-state index is 5.87. The van der Waals surface area contributed by atoms with Crippen molar-refractivity contribution in [3.63, 3.8) is 0 Å². The molecule has 0 heterocycles. The quantitative estimate of drug-likeness (QED) is 0.657. The van der Waals surface area contributed by atoms with E-state index < -0.39 is 0 Å². The highest BCUT2D eigenvalue weighted by Gasteiger charge is 2.13. The van der Waals surface area contributed by atoms with Gasteiger partial charge in [0, 0.05) is 24.1 Å². The van der Waals surface area contributed by atoms with Crippen LogP contribution in [0, 0.1) is 12.3 Å². The summed E-state index contributed by atoms with van der Waals surface area (Å²) < 4.78 is 5.87. The summed E-state index contributed by atoms with van der Waals surface area (Å²) in [6, 6.07) is 12.5. The first kappa shape index (κ1) is 15.4. The summed E-state index contributed by atoms with van der Waals surface area (Å²) in [5.74, 6) is 3.53. The third-order valence-electron chi connectivity index (χ3n) is 3.30. The van der Waals surface area contributed by atoms with E-state index in [0.717, 1.165) is 12.3 Å². The molecule has 0 aliphatic rings. The van der Waals surface area contributed by atoms with Gasteiger partial charge in [-0.1, -0.05) is 30.3 Å². The first-order valence-corrected chi connectivity index (χ1v) is 7.33. The van der Waals surface area contributed by atoms with E-state index in [1.807, 2.05) is 6.07 Å². The molecule has 2 aromatic rings. The molecular weight excluding hydrogens is 258 g/mol. The van der Waals surface area contributed by atoms with Gasteiger partial charge >= 0.3 is 0 Å². The molecule has 2 heteroatoms. The zero-order valence-electron chi connectivity index (χ0n) is 13.1. The summed E-state index contributed by atoms with van der Waals surface area (Å²) in [7, 11) is 0. The minimum Gasteiger partial charge on any atom is -0.492 e. The van der Waals surface area contributed by atoms with Crippen LogP contribution in [-0.2, 0) is 6.54 Å². The van der Waals surface area contributed by atoms with Crippen molar-refractivity contribution in [2.75, 3.05) is 6.61 Å². The second-order valence-corrected chi connectivity index (χ2v) is 6.17. The van der Waals surface area contributed by atoms with Crippen molar-refractivity contribution in [2.45, 2.75) is 39.3 Å². The van der Waals surface area contributed by atoms with Gasteiger partial charge in [-0.3, -0.25) is 0 Å². The van der Waals surface area contributed by atoms with Crippen molar-refractivity contribution in [1.82, 2.24) is 5.32 Å². The zero-order chi connectivity index (χ0) is 15.3. The molecule has 0 saturated heterocycles. The lowest BCUT2D eigenvalue weighted by Gasteiger charge is -2.22. The van der Waals surface area contributed by atoms with Crippen LogP contribution in [0.4, 0.5) is 0 Å². The van der Waals surface area contributed by atoms with E-state index in [1.54, 1.807) is 0 Å². The zero-order valence-corrected chi connectivity index (χ0v) is 13.1. The van der Waals surface area contributed by atoms with Gasteiger partial charge in [0.2, 0.25) is 0 Å². The molecule has 0 unspecified atom stereocenters. The van der Waals surface area contributed by atoms with Crippen LogP contribution in [0.15, 0.2) is 36.4 Å². The van der Waals surface area contributed by atoms with Gasteiger partial charge in [-0.2, -0.15) is 0 Å². The van der Waals surface area contributed by atoms with Gasteiger partial charge in [0.05, 0.1) is 6.61 Å². The summed E-state index contributed by atoms with van der Waals surface area (Å²) in [5, 5.41) is 6.00. The Morgan fingerprint density at radius 3 is 2.62 bits per heavy atom. The molecule has 0 aliphatic carbocycles. The lowest BCUT2D eigenvalue weighted by Crippen LogP contribution is -2.35. The van der Waals surface area contributed by atoms with Crippen molar-refractivity contribution < 1.29 is 4.74 Å². The summed E-state index contributed by atoms with van der Waals surface area (Å²) in [6.07, 6.45) is 5.92. The van der Waals surface area contributed by atoms with E-state index in [1.165, 1.54) is 16.3 Å². The lowest BCUT2D eigenvalue weighted by molar-refractivity contribution is 0.321. The van der Waals surface area contributed by atoms with E-state index in [-0.39, 0.29) is 5.54 Å². The van der Waals surface area contributed by atoms with E-state index in [9.17, 15) is 0 Å². The minimum atomic E-state index is 0.0625. The molecule has 0 aliphatic heterocycles. The van der Waals surface area contributed by atoms with Gasteiger partial charge < -0.3 is 10.1 Å². The Bertz CT molecular complexity index is 647. The van der Waals surface area contributed by atoms with Gasteiger partial charge in [-0.15, -0.1) is 12.3 Å².